The number of nitrogens with two attached hydrogens (primary N) is 1. The van der Waals surface area contributed by atoms with Crippen LogP contribution in [0.2, 0.25) is 0 Å². The molecular formula is C14H13NO. The van der Waals surface area contributed by atoms with Crippen molar-refractivity contribution in [3.05, 3.63) is 48.0 Å². The number of hydrogen-bond acceptors (Lipinski definition) is 2. The third-order valence-corrected chi connectivity index (χ3v) is 2.90. The molecule has 0 atom stereocenters. The van der Waals surface area contributed by atoms with Gasteiger partial charge in [-0.2, -0.15) is 0 Å². The molecule has 0 saturated carbocycles. The number of rotatable bonds is 2. The Kier molecular flexibility index (Phi) is 2.15. The molecule has 0 saturated heterocycles. The quantitative estimate of drug-likeness (QED) is 0.707. The summed E-state index contributed by atoms with van der Waals surface area (Å²) in [6, 6.07) is 14.4. The second-order valence-corrected chi connectivity index (χ2v) is 3.93. The number of furan rings is 1. The molecule has 3 aromatic rings. The van der Waals surface area contributed by atoms with Gasteiger partial charge < -0.3 is 10.2 Å². The maximum absolute atomic E-state index is 5.88. The molecule has 3 rings (SSSR count). The Morgan fingerprint density at radius 1 is 0.938 bits per heavy atom. The molecule has 0 fully saturated rings. The van der Waals surface area contributed by atoms with E-state index in [2.05, 4.69) is 24.3 Å². The fourth-order valence-electron chi connectivity index (χ4n) is 2.16. The average Bonchev–Trinajstić information content (AvgIpc) is 2.69. The van der Waals surface area contributed by atoms with Crippen molar-refractivity contribution in [1.82, 2.24) is 0 Å². The lowest BCUT2D eigenvalue weighted by molar-refractivity contribution is 0.662. The van der Waals surface area contributed by atoms with Gasteiger partial charge in [0.1, 0.15) is 11.2 Å². The maximum Gasteiger partial charge on any atom is 0.138 e. The molecule has 16 heavy (non-hydrogen) atoms. The van der Waals surface area contributed by atoms with Crippen molar-refractivity contribution in [2.24, 2.45) is 5.73 Å². The summed E-state index contributed by atoms with van der Waals surface area (Å²) >= 11 is 0. The van der Waals surface area contributed by atoms with E-state index in [1.807, 2.05) is 18.2 Å². The van der Waals surface area contributed by atoms with E-state index in [4.69, 9.17) is 10.2 Å². The van der Waals surface area contributed by atoms with Crippen LogP contribution in [-0.2, 0) is 6.42 Å². The number of fused-ring (bicyclic) bond motifs is 3. The van der Waals surface area contributed by atoms with Crippen LogP contribution in [0.15, 0.2) is 46.9 Å². The van der Waals surface area contributed by atoms with E-state index in [1.165, 1.54) is 16.3 Å². The molecule has 0 aliphatic carbocycles. The largest absolute Gasteiger partial charge is 0.456 e. The molecule has 0 spiro atoms. The van der Waals surface area contributed by atoms with Crippen molar-refractivity contribution in [3.8, 4) is 0 Å². The van der Waals surface area contributed by atoms with Gasteiger partial charge in [-0.15, -0.1) is 0 Å². The Hall–Kier alpha value is -1.80. The van der Waals surface area contributed by atoms with Crippen LogP contribution in [0.5, 0.6) is 0 Å². The summed E-state index contributed by atoms with van der Waals surface area (Å²) in [4.78, 5) is 0. The SMILES string of the molecule is NCCc1cccc2c1oc1ccccc12. The Balaban J connectivity index is 2.39. The van der Waals surface area contributed by atoms with Gasteiger partial charge in [-0.3, -0.25) is 0 Å². The van der Waals surface area contributed by atoms with Gasteiger partial charge in [-0.1, -0.05) is 36.4 Å². The van der Waals surface area contributed by atoms with Gasteiger partial charge >= 0.3 is 0 Å². The first-order valence-corrected chi connectivity index (χ1v) is 5.49. The van der Waals surface area contributed by atoms with Crippen LogP contribution >= 0.6 is 0 Å². The first-order valence-electron chi connectivity index (χ1n) is 5.49. The first kappa shape index (κ1) is 9.43. The zero-order valence-corrected chi connectivity index (χ0v) is 8.94. The fourth-order valence-corrected chi connectivity index (χ4v) is 2.16. The van der Waals surface area contributed by atoms with Crippen molar-refractivity contribution in [1.29, 1.82) is 0 Å². The summed E-state index contributed by atoms with van der Waals surface area (Å²) in [5.41, 5.74) is 8.72. The molecule has 0 bridgehead atoms. The van der Waals surface area contributed by atoms with Crippen molar-refractivity contribution in [2.75, 3.05) is 6.54 Å². The first-order chi connectivity index (χ1) is 7.90. The highest BCUT2D eigenvalue weighted by Gasteiger charge is 2.08. The van der Waals surface area contributed by atoms with Crippen LogP contribution in [0, 0.1) is 0 Å². The highest BCUT2D eigenvalue weighted by Crippen LogP contribution is 2.30. The predicted molar refractivity (Wildman–Crippen MR) is 66.5 cm³/mol. The van der Waals surface area contributed by atoms with Gasteiger partial charge in [0.2, 0.25) is 0 Å². The zero-order chi connectivity index (χ0) is 11.0. The lowest BCUT2D eigenvalue weighted by Gasteiger charge is -1.98. The van der Waals surface area contributed by atoms with Gasteiger partial charge in [0, 0.05) is 10.8 Å². The van der Waals surface area contributed by atoms with Crippen LogP contribution in [0.25, 0.3) is 21.9 Å². The molecule has 0 aliphatic heterocycles. The predicted octanol–water partition coefficient (Wildman–Crippen LogP) is 3.09. The molecule has 0 aliphatic rings. The summed E-state index contributed by atoms with van der Waals surface area (Å²) < 4.78 is 5.88. The summed E-state index contributed by atoms with van der Waals surface area (Å²) in [6.45, 7) is 0.649. The Morgan fingerprint density at radius 2 is 1.75 bits per heavy atom. The molecule has 2 nitrogen and oxygen atoms in total. The third kappa shape index (κ3) is 1.31. The molecule has 2 heteroatoms. The third-order valence-electron chi connectivity index (χ3n) is 2.90. The number of hydrogen-bond donors (Lipinski definition) is 1. The minimum absolute atomic E-state index is 0.649. The average molecular weight is 211 g/mol. The van der Waals surface area contributed by atoms with Gasteiger partial charge in [0.05, 0.1) is 0 Å². The Morgan fingerprint density at radius 3 is 2.62 bits per heavy atom. The highest BCUT2D eigenvalue weighted by molar-refractivity contribution is 6.05. The summed E-state index contributed by atoms with van der Waals surface area (Å²) in [7, 11) is 0. The number of benzene rings is 2. The Labute approximate surface area is 93.7 Å². The minimum atomic E-state index is 0.649. The van der Waals surface area contributed by atoms with E-state index in [-0.39, 0.29) is 0 Å². The molecule has 2 aromatic carbocycles. The van der Waals surface area contributed by atoms with Crippen molar-refractivity contribution in [3.63, 3.8) is 0 Å². The molecule has 80 valence electrons. The normalized spacial score (nSPS) is 11.3. The lowest BCUT2D eigenvalue weighted by atomic mass is 10.1. The van der Waals surface area contributed by atoms with E-state index in [0.29, 0.717) is 6.54 Å². The molecule has 0 amide bonds. The highest BCUT2D eigenvalue weighted by atomic mass is 16.3. The second-order valence-electron chi connectivity index (χ2n) is 3.93. The fraction of sp³-hybridized carbons (Fsp3) is 0.143. The van der Waals surface area contributed by atoms with E-state index >= 15 is 0 Å². The molecule has 1 heterocycles. The standard InChI is InChI=1S/C14H13NO/c15-9-8-10-4-3-6-12-11-5-1-2-7-13(11)16-14(10)12/h1-7H,8-9,15H2. The van der Waals surface area contributed by atoms with Crippen molar-refractivity contribution in [2.45, 2.75) is 6.42 Å². The lowest BCUT2D eigenvalue weighted by Crippen LogP contribution is -2.02. The molecule has 1 aromatic heterocycles. The summed E-state index contributed by atoms with van der Waals surface area (Å²) in [6.07, 6.45) is 0.858. The monoisotopic (exact) mass is 211 g/mol. The van der Waals surface area contributed by atoms with Crippen LogP contribution in [-0.4, -0.2) is 6.54 Å². The Bertz CT molecular complexity index is 639. The van der Waals surface area contributed by atoms with Crippen LogP contribution in [0.3, 0.4) is 0 Å². The molecule has 2 N–H and O–H groups in total. The van der Waals surface area contributed by atoms with Crippen LogP contribution in [0.1, 0.15) is 5.56 Å². The molecule has 0 unspecified atom stereocenters. The van der Waals surface area contributed by atoms with Crippen LogP contribution < -0.4 is 5.73 Å². The smallest absolute Gasteiger partial charge is 0.138 e. The zero-order valence-electron chi connectivity index (χ0n) is 8.94. The van der Waals surface area contributed by atoms with Crippen molar-refractivity contribution < 1.29 is 4.42 Å². The maximum atomic E-state index is 5.88. The van der Waals surface area contributed by atoms with Crippen molar-refractivity contribution >= 4 is 21.9 Å². The van der Waals surface area contributed by atoms with Gasteiger partial charge in [0.15, 0.2) is 0 Å². The van der Waals surface area contributed by atoms with Gasteiger partial charge in [0.25, 0.3) is 0 Å². The van der Waals surface area contributed by atoms with E-state index in [0.717, 1.165) is 17.6 Å². The summed E-state index contributed by atoms with van der Waals surface area (Å²) in [5.74, 6) is 0. The summed E-state index contributed by atoms with van der Waals surface area (Å²) in [5, 5.41) is 2.36. The van der Waals surface area contributed by atoms with Crippen LogP contribution in [0.4, 0.5) is 0 Å². The topological polar surface area (TPSA) is 39.2 Å². The molecular weight excluding hydrogens is 198 g/mol. The van der Waals surface area contributed by atoms with E-state index < -0.39 is 0 Å². The van der Waals surface area contributed by atoms with E-state index in [1.54, 1.807) is 0 Å². The second kappa shape index (κ2) is 3.65. The van der Waals surface area contributed by atoms with Gasteiger partial charge in [-0.25, -0.2) is 0 Å². The number of para-hydroxylation sites is 2. The molecule has 0 radical (unpaired) electrons. The van der Waals surface area contributed by atoms with E-state index in [9.17, 15) is 0 Å². The minimum Gasteiger partial charge on any atom is -0.456 e. The van der Waals surface area contributed by atoms with Gasteiger partial charge in [-0.05, 0) is 24.6 Å².